The summed E-state index contributed by atoms with van der Waals surface area (Å²) in [7, 11) is 0. The molecule has 0 aliphatic carbocycles. The van der Waals surface area contributed by atoms with E-state index in [0.29, 0.717) is 18.1 Å². The Labute approximate surface area is 113 Å². The number of anilines is 1. The van der Waals surface area contributed by atoms with Crippen LogP contribution < -0.4 is 10.1 Å². The molecule has 0 radical (unpaired) electrons. The standard InChI is InChI=1S/C13H21N3O3/c1-8(2)5-10(13(17)18)16-11-6-12(15-7-14-11)19-9(3)4/h6-10H,5H2,1-4H3,(H,17,18)(H,14,15,16)/t10-/m0/s1. The lowest BCUT2D eigenvalue weighted by Gasteiger charge is -2.17. The molecule has 19 heavy (non-hydrogen) atoms. The summed E-state index contributed by atoms with van der Waals surface area (Å²) in [6.07, 6.45) is 1.89. The van der Waals surface area contributed by atoms with Crippen molar-refractivity contribution in [2.24, 2.45) is 5.92 Å². The molecule has 0 spiro atoms. The van der Waals surface area contributed by atoms with E-state index in [2.05, 4.69) is 15.3 Å². The summed E-state index contributed by atoms with van der Waals surface area (Å²) < 4.78 is 5.44. The van der Waals surface area contributed by atoms with E-state index in [0.717, 1.165) is 0 Å². The van der Waals surface area contributed by atoms with E-state index in [4.69, 9.17) is 9.84 Å². The first-order valence-electron chi connectivity index (χ1n) is 6.36. The molecule has 1 rings (SSSR count). The number of aromatic nitrogens is 2. The fourth-order valence-corrected chi connectivity index (χ4v) is 1.60. The minimum atomic E-state index is -0.890. The molecule has 0 unspecified atom stereocenters. The number of rotatable bonds is 7. The van der Waals surface area contributed by atoms with E-state index >= 15 is 0 Å². The zero-order valence-electron chi connectivity index (χ0n) is 11.8. The Morgan fingerprint density at radius 2 is 2.05 bits per heavy atom. The molecule has 6 nitrogen and oxygen atoms in total. The van der Waals surface area contributed by atoms with Crippen LogP contribution in [0, 0.1) is 5.92 Å². The SMILES string of the molecule is CC(C)C[C@H](Nc1cc(OC(C)C)ncn1)C(=O)O. The summed E-state index contributed by atoms with van der Waals surface area (Å²) in [4.78, 5) is 19.1. The highest BCUT2D eigenvalue weighted by molar-refractivity contribution is 5.76. The Morgan fingerprint density at radius 3 is 2.58 bits per heavy atom. The Bertz CT molecular complexity index is 421. The number of aliphatic carboxylic acids is 1. The van der Waals surface area contributed by atoms with Crippen molar-refractivity contribution in [3.8, 4) is 5.88 Å². The quantitative estimate of drug-likeness (QED) is 0.787. The van der Waals surface area contributed by atoms with Crippen molar-refractivity contribution in [2.45, 2.75) is 46.3 Å². The second-order valence-electron chi connectivity index (χ2n) is 5.07. The molecule has 0 aliphatic heterocycles. The lowest BCUT2D eigenvalue weighted by atomic mass is 10.0. The van der Waals surface area contributed by atoms with Gasteiger partial charge in [0.1, 0.15) is 18.2 Å². The van der Waals surface area contributed by atoms with Gasteiger partial charge in [-0.1, -0.05) is 13.8 Å². The Morgan fingerprint density at radius 1 is 1.37 bits per heavy atom. The molecule has 1 atom stereocenters. The maximum absolute atomic E-state index is 11.2. The van der Waals surface area contributed by atoms with Gasteiger partial charge in [0.15, 0.2) is 0 Å². The molecule has 0 bridgehead atoms. The largest absolute Gasteiger partial charge is 0.480 e. The van der Waals surface area contributed by atoms with E-state index in [1.54, 1.807) is 6.07 Å². The van der Waals surface area contributed by atoms with Crippen LogP contribution in [-0.2, 0) is 4.79 Å². The fourth-order valence-electron chi connectivity index (χ4n) is 1.60. The molecule has 106 valence electrons. The van der Waals surface area contributed by atoms with E-state index in [1.165, 1.54) is 6.33 Å². The van der Waals surface area contributed by atoms with Gasteiger partial charge in [-0.3, -0.25) is 0 Å². The predicted octanol–water partition coefficient (Wildman–Crippen LogP) is 2.17. The monoisotopic (exact) mass is 267 g/mol. The van der Waals surface area contributed by atoms with Gasteiger partial charge in [-0.25, -0.2) is 14.8 Å². The summed E-state index contributed by atoms with van der Waals surface area (Å²) in [5, 5.41) is 12.1. The first kappa shape index (κ1) is 15.2. The fraction of sp³-hybridized carbons (Fsp3) is 0.615. The van der Waals surface area contributed by atoms with Gasteiger partial charge >= 0.3 is 5.97 Å². The predicted molar refractivity (Wildman–Crippen MR) is 72.3 cm³/mol. The highest BCUT2D eigenvalue weighted by atomic mass is 16.5. The molecular weight excluding hydrogens is 246 g/mol. The highest BCUT2D eigenvalue weighted by Gasteiger charge is 2.19. The third-order valence-corrected chi connectivity index (χ3v) is 2.33. The molecule has 2 N–H and O–H groups in total. The number of carboxylic acid groups (broad SMARTS) is 1. The summed E-state index contributed by atoms with van der Waals surface area (Å²) in [6.45, 7) is 7.75. The molecule has 1 aromatic rings. The number of carboxylic acids is 1. The van der Waals surface area contributed by atoms with Crippen molar-refractivity contribution in [1.29, 1.82) is 0 Å². The maximum Gasteiger partial charge on any atom is 0.326 e. The van der Waals surface area contributed by atoms with E-state index in [-0.39, 0.29) is 12.0 Å². The number of carbonyl (C=O) groups is 1. The summed E-state index contributed by atoms with van der Waals surface area (Å²) in [5.41, 5.74) is 0. The minimum absolute atomic E-state index is 0.00804. The third kappa shape index (κ3) is 5.54. The second kappa shape index (κ2) is 6.92. The number of ether oxygens (including phenoxy) is 1. The van der Waals surface area contributed by atoms with Crippen LogP contribution in [0.1, 0.15) is 34.1 Å². The normalized spacial score (nSPS) is 12.5. The van der Waals surface area contributed by atoms with E-state index < -0.39 is 12.0 Å². The molecule has 6 heteroatoms. The maximum atomic E-state index is 11.2. The summed E-state index contributed by atoms with van der Waals surface area (Å²) in [6, 6.07) is 0.942. The van der Waals surface area contributed by atoms with Crippen molar-refractivity contribution >= 4 is 11.8 Å². The molecule has 1 heterocycles. The second-order valence-corrected chi connectivity index (χ2v) is 5.07. The summed E-state index contributed by atoms with van der Waals surface area (Å²) >= 11 is 0. The van der Waals surface area contributed by atoms with Crippen molar-refractivity contribution in [3.63, 3.8) is 0 Å². The van der Waals surface area contributed by atoms with Crippen LogP contribution in [0.4, 0.5) is 5.82 Å². The van der Waals surface area contributed by atoms with Crippen molar-refractivity contribution in [1.82, 2.24) is 9.97 Å². The molecule has 0 aromatic carbocycles. The van der Waals surface area contributed by atoms with Gasteiger partial charge in [0.05, 0.1) is 6.10 Å². The van der Waals surface area contributed by atoms with Gasteiger partial charge in [0, 0.05) is 6.07 Å². The average molecular weight is 267 g/mol. The van der Waals surface area contributed by atoms with Crippen LogP contribution in [0.25, 0.3) is 0 Å². The number of nitrogens with zero attached hydrogens (tertiary/aromatic N) is 2. The number of nitrogens with one attached hydrogen (secondary N) is 1. The smallest absolute Gasteiger partial charge is 0.326 e. The van der Waals surface area contributed by atoms with Crippen LogP contribution in [-0.4, -0.2) is 33.2 Å². The summed E-state index contributed by atoms with van der Waals surface area (Å²) in [5.74, 6) is 0.278. The van der Waals surface area contributed by atoms with Gasteiger partial charge in [-0.05, 0) is 26.2 Å². The van der Waals surface area contributed by atoms with Crippen molar-refractivity contribution in [2.75, 3.05) is 5.32 Å². The molecule has 0 amide bonds. The lowest BCUT2D eigenvalue weighted by molar-refractivity contribution is -0.138. The minimum Gasteiger partial charge on any atom is -0.480 e. The van der Waals surface area contributed by atoms with E-state index in [1.807, 2.05) is 27.7 Å². The molecule has 0 saturated carbocycles. The highest BCUT2D eigenvalue weighted by Crippen LogP contribution is 2.15. The van der Waals surface area contributed by atoms with Crippen LogP contribution in [0.15, 0.2) is 12.4 Å². The molecular formula is C13H21N3O3. The zero-order valence-corrected chi connectivity index (χ0v) is 11.8. The molecule has 1 aromatic heterocycles. The van der Waals surface area contributed by atoms with Crippen LogP contribution in [0.5, 0.6) is 5.88 Å². The third-order valence-electron chi connectivity index (χ3n) is 2.33. The van der Waals surface area contributed by atoms with Crippen molar-refractivity contribution in [3.05, 3.63) is 12.4 Å². The number of hydrogen-bond acceptors (Lipinski definition) is 5. The Balaban J connectivity index is 2.76. The molecule has 0 fully saturated rings. The van der Waals surface area contributed by atoms with Gasteiger partial charge < -0.3 is 15.2 Å². The topological polar surface area (TPSA) is 84.3 Å². The van der Waals surface area contributed by atoms with Gasteiger partial charge in [0.2, 0.25) is 5.88 Å². The van der Waals surface area contributed by atoms with E-state index in [9.17, 15) is 4.79 Å². The zero-order chi connectivity index (χ0) is 14.4. The number of hydrogen-bond donors (Lipinski definition) is 2. The first-order chi connectivity index (χ1) is 8.88. The van der Waals surface area contributed by atoms with Crippen LogP contribution in [0.2, 0.25) is 0 Å². The lowest BCUT2D eigenvalue weighted by Crippen LogP contribution is -2.31. The first-order valence-corrected chi connectivity index (χ1v) is 6.36. The van der Waals surface area contributed by atoms with Gasteiger partial charge in [-0.15, -0.1) is 0 Å². The van der Waals surface area contributed by atoms with Crippen LogP contribution >= 0.6 is 0 Å². The average Bonchev–Trinajstić information content (AvgIpc) is 2.26. The van der Waals surface area contributed by atoms with Gasteiger partial charge in [-0.2, -0.15) is 0 Å². The van der Waals surface area contributed by atoms with Crippen molar-refractivity contribution < 1.29 is 14.6 Å². The molecule has 0 saturated heterocycles. The molecule has 0 aliphatic rings. The van der Waals surface area contributed by atoms with Gasteiger partial charge in [0.25, 0.3) is 0 Å². The Kier molecular flexibility index (Phi) is 5.54. The Hall–Kier alpha value is -1.85. The van der Waals surface area contributed by atoms with Crippen LogP contribution in [0.3, 0.4) is 0 Å².